The molecule has 3 rings (SSSR count). The lowest BCUT2D eigenvalue weighted by molar-refractivity contribution is -0.129. The van der Waals surface area contributed by atoms with E-state index < -0.39 is 5.60 Å². The summed E-state index contributed by atoms with van der Waals surface area (Å²) in [7, 11) is 0. The van der Waals surface area contributed by atoms with E-state index in [0.29, 0.717) is 27.2 Å². The van der Waals surface area contributed by atoms with Gasteiger partial charge in [0.15, 0.2) is 5.60 Å². The lowest BCUT2D eigenvalue weighted by Crippen LogP contribution is -2.45. The minimum Gasteiger partial charge on any atom is -0.476 e. The van der Waals surface area contributed by atoms with E-state index in [4.69, 9.17) is 4.74 Å². The number of benzene rings is 2. The Balaban J connectivity index is 1.84. The molecule has 0 saturated carbocycles. The Morgan fingerprint density at radius 2 is 1.96 bits per heavy atom. The van der Waals surface area contributed by atoms with Crippen molar-refractivity contribution in [2.75, 3.05) is 10.6 Å². The third-order valence-electron chi connectivity index (χ3n) is 3.52. The van der Waals surface area contributed by atoms with Gasteiger partial charge in [0.1, 0.15) is 5.75 Å². The van der Waals surface area contributed by atoms with Crippen LogP contribution in [0.5, 0.6) is 5.75 Å². The van der Waals surface area contributed by atoms with Gasteiger partial charge in [0.25, 0.3) is 11.8 Å². The minimum atomic E-state index is -0.910. The molecule has 2 N–H and O–H groups in total. The first-order valence-corrected chi connectivity index (χ1v) is 7.86. The van der Waals surface area contributed by atoms with Crippen LogP contribution in [0, 0.1) is 0 Å². The molecule has 1 aliphatic rings. The molecule has 0 fully saturated rings. The van der Waals surface area contributed by atoms with Gasteiger partial charge in [-0.15, -0.1) is 0 Å². The Morgan fingerprint density at radius 1 is 1.22 bits per heavy atom. The van der Waals surface area contributed by atoms with Gasteiger partial charge in [-0.2, -0.15) is 0 Å². The quantitative estimate of drug-likeness (QED) is 0.839. The summed E-state index contributed by atoms with van der Waals surface area (Å²) in [5.41, 5.74) is 0.742. The fourth-order valence-electron chi connectivity index (χ4n) is 2.23. The van der Waals surface area contributed by atoms with E-state index >= 15 is 0 Å². The number of carbonyl (C=O) groups excluding carboxylic acids is 2. The molecule has 0 atom stereocenters. The number of amides is 2. The third kappa shape index (κ3) is 3.07. The molecular weight excluding hydrogens is 360 g/mol. The molecule has 2 amide bonds. The summed E-state index contributed by atoms with van der Waals surface area (Å²) in [6.45, 7) is 3.40. The Labute approximate surface area is 142 Å². The molecule has 0 radical (unpaired) electrons. The number of hydrogen-bond acceptors (Lipinski definition) is 3. The Bertz CT molecular complexity index is 802. The van der Waals surface area contributed by atoms with Crippen LogP contribution < -0.4 is 15.4 Å². The van der Waals surface area contributed by atoms with Gasteiger partial charge in [0.2, 0.25) is 0 Å². The molecule has 118 valence electrons. The zero-order chi connectivity index (χ0) is 16.6. The molecule has 0 aromatic heterocycles. The smallest absolute Gasteiger partial charge is 0.268 e. The molecule has 0 aliphatic carbocycles. The molecule has 23 heavy (non-hydrogen) atoms. The second-order valence-corrected chi connectivity index (χ2v) is 6.57. The van der Waals surface area contributed by atoms with Crippen molar-refractivity contribution in [3.8, 4) is 5.75 Å². The van der Waals surface area contributed by atoms with Crippen molar-refractivity contribution in [1.82, 2.24) is 0 Å². The highest BCUT2D eigenvalue weighted by Crippen LogP contribution is 2.35. The number of rotatable bonds is 2. The molecule has 0 unspecified atom stereocenters. The van der Waals surface area contributed by atoms with Crippen molar-refractivity contribution in [1.29, 1.82) is 0 Å². The maximum absolute atomic E-state index is 12.3. The summed E-state index contributed by atoms with van der Waals surface area (Å²) < 4.78 is 6.38. The molecule has 1 aliphatic heterocycles. The van der Waals surface area contributed by atoms with Gasteiger partial charge in [-0.1, -0.05) is 12.1 Å². The van der Waals surface area contributed by atoms with Crippen LogP contribution in [0.4, 0.5) is 11.4 Å². The van der Waals surface area contributed by atoms with Crippen LogP contribution in [0.15, 0.2) is 46.9 Å². The van der Waals surface area contributed by atoms with Crippen molar-refractivity contribution in [2.45, 2.75) is 19.4 Å². The van der Waals surface area contributed by atoms with E-state index in [9.17, 15) is 9.59 Å². The summed E-state index contributed by atoms with van der Waals surface area (Å²) in [6.07, 6.45) is 0. The first kappa shape index (κ1) is 15.6. The molecule has 0 saturated heterocycles. The van der Waals surface area contributed by atoms with Gasteiger partial charge < -0.3 is 15.4 Å². The monoisotopic (exact) mass is 374 g/mol. The molecule has 1 heterocycles. The van der Waals surface area contributed by atoms with Crippen molar-refractivity contribution in [3.05, 3.63) is 52.5 Å². The van der Waals surface area contributed by atoms with Crippen LogP contribution >= 0.6 is 15.9 Å². The fourth-order valence-corrected chi connectivity index (χ4v) is 2.70. The van der Waals surface area contributed by atoms with Crippen LogP contribution in [0.3, 0.4) is 0 Å². The predicted molar refractivity (Wildman–Crippen MR) is 91.9 cm³/mol. The largest absolute Gasteiger partial charge is 0.476 e. The zero-order valence-corrected chi connectivity index (χ0v) is 14.2. The highest BCUT2D eigenvalue weighted by Gasteiger charge is 2.35. The van der Waals surface area contributed by atoms with E-state index in [1.165, 1.54) is 0 Å². The van der Waals surface area contributed by atoms with Crippen LogP contribution in [-0.4, -0.2) is 17.4 Å². The highest BCUT2D eigenvalue weighted by molar-refractivity contribution is 9.10. The molecular formula is C17H15BrN2O3. The zero-order valence-electron chi connectivity index (χ0n) is 12.6. The number of ether oxygens (including phenoxy) is 1. The van der Waals surface area contributed by atoms with Crippen LogP contribution in [0.25, 0.3) is 0 Å². The number of nitrogens with one attached hydrogen (secondary N) is 2. The minimum absolute atomic E-state index is 0.223. The first-order chi connectivity index (χ1) is 10.9. The van der Waals surface area contributed by atoms with E-state index in [2.05, 4.69) is 26.6 Å². The summed E-state index contributed by atoms with van der Waals surface area (Å²) in [5, 5.41) is 5.60. The molecule has 0 spiro atoms. The van der Waals surface area contributed by atoms with Crippen LogP contribution in [0.1, 0.15) is 24.2 Å². The van der Waals surface area contributed by atoms with E-state index in [0.717, 1.165) is 0 Å². The topological polar surface area (TPSA) is 67.4 Å². The normalized spacial score (nSPS) is 15.2. The number of fused-ring (bicyclic) bond motifs is 1. The standard InChI is InChI=1S/C17H15BrN2O3/c1-17(2)16(22)20-13-9-10(7-8-14(13)23-17)19-15(21)11-5-3-4-6-12(11)18/h3-9H,1-2H3,(H,19,21)(H,20,22). The van der Waals surface area contributed by atoms with Gasteiger partial charge in [-0.25, -0.2) is 0 Å². The Hall–Kier alpha value is -2.34. The number of carbonyl (C=O) groups is 2. The molecule has 5 nitrogen and oxygen atoms in total. The number of hydrogen-bond donors (Lipinski definition) is 2. The molecule has 2 aromatic carbocycles. The van der Waals surface area contributed by atoms with Crippen molar-refractivity contribution in [2.24, 2.45) is 0 Å². The second-order valence-electron chi connectivity index (χ2n) is 5.71. The van der Waals surface area contributed by atoms with E-state index in [1.54, 1.807) is 50.2 Å². The lowest BCUT2D eigenvalue weighted by Gasteiger charge is -2.31. The summed E-state index contributed by atoms with van der Waals surface area (Å²) in [4.78, 5) is 24.3. The van der Waals surface area contributed by atoms with Gasteiger partial charge in [0, 0.05) is 10.2 Å². The van der Waals surface area contributed by atoms with E-state index in [-0.39, 0.29) is 11.8 Å². The Kier molecular flexibility index (Phi) is 3.85. The van der Waals surface area contributed by atoms with Crippen molar-refractivity contribution in [3.63, 3.8) is 0 Å². The van der Waals surface area contributed by atoms with Gasteiger partial charge in [-0.05, 0) is 60.1 Å². The summed E-state index contributed by atoms with van der Waals surface area (Å²) in [6, 6.07) is 12.3. The van der Waals surface area contributed by atoms with E-state index in [1.807, 2.05) is 6.07 Å². The third-order valence-corrected chi connectivity index (χ3v) is 4.21. The summed E-state index contributed by atoms with van der Waals surface area (Å²) >= 11 is 3.35. The maximum Gasteiger partial charge on any atom is 0.268 e. The lowest BCUT2D eigenvalue weighted by atomic mass is 10.1. The maximum atomic E-state index is 12.3. The molecule has 0 bridgehead atoms. The average molecular weight is 375 g/mol. The second kappa shape index (κ2) is 5.70. The Morgan fingerprint density at radius 3 is 2.70 bits per heavy atom. The number of halogens is 1. The first-order valence-electron chi connectivity index (χ1n) is 7.07. The van der Waals surface area contributed by atoms with Gasteiger partial charge >= 0.3 is 0 Å². The van der Waals surface area contributed by atoms with Crippen LogP contribution in [0.2, 0.25) is 0 Å². The van der Waals surface area contributed by atoms with Crippen LogP contribution in [-0.2, 0) is 4.79 Å². The predicted octanol–water partition coefficient (Wildman–Crippen LogP) is 3.81. The van der Waals surface area contributed by atoms with Crippen molar-refractivity contribution < 1.29 is 14.3 Å². The fraction of sp³-hybridized carbons (Fsp3) is 0.176. The number of anilines is 2. The summed E-state index contributed by atoms with van der Waals surface area (Å²) in [5.74, 6) is 0.119. The SMILES string of the molecule is CC1(C)Oc2ccc(NC(=O)c3ccccc3Br)cc2NC1=O. The molecule has 6 heteroatoms. The van der Waals surface area contributed by atoms with Crippen molar-refractivity contribution >= 4 is 39.1 Å². The average Bonchev–Trinajstić information content (AvgIpc) is 2.49. The highest BCUT2D eigenvalue weighted by atomic mass is 79.9. The van der Waals surface area contributed by atoms with Gasteiger partial charge in [-0.3, -0.25) is 9.59 Å². The van der Waals surface area contributed by atoms with Gasteiger partial charge in [0.05, 0.1) is 11.3 Å². The molecule has 2 aromatic rings.